The summed E-state index contributed by atoms with van der Waals surface area (Å²) in [7, 11) is 0. The normalized spacial score (nSPS) is 23.2. The summed E-state index contributed by atoms with van der Waals surface area (Å²) in [5, 5.41) is 3.47. The maximum absolute atomic E-state index is 4.05. The van der Waals surface area contributed by atoms with Crippen molar-refractivity contribution in [1.82, 2.24) is 10.2 Å². The zero-order valence-electron chi connectivity index (χ0n) is 11.9. The Bertz CT molecular complexity index is 211. The van der Waals surface area contributed by atoms with E-state index in [1.165, 1.54) is 38.9 Å². The average Bonchev–Trinajstić information content (AvgIpc) is 2.81. The van der Waals surface area contributed by atoms with E-state index < -0.39 is 0 Å². The zero-order chi connectivity index (χ0) is 12.7. The van der Waals surface area contributed by atoms with Gasteiger partial charge in [0.1, 0.15) is 0 Å². The number of hydrogen-bond acceptors (Lipinski definition) is 2. The van der Waals surface area contributed by atoms with Crippen molar-refractivity contribution in [2.75, 3.05) is 26.2 Å². The van der Waals surface area contributed by atoms with Gasteiger partial charge in [0.2, 0.25) is 0 Å². The number of nitrogens with zero attached hydrogens (tertiary/aromatic N) is 1. The van der Waals surface area contributed by atoms with E-state index in [1.54, 1.807) is 0 Å². The van der Waals surface area contributed by atoms with Crippen molar-refractivity contribution in [3.63, 3.8) is 0 Å². The van der Waals surface area contributed by atoms with Gasteiger partial charge in [-0.15, -0.1) is 6.58 Å². The summed E-state index contributed by atoms with van der Waals surface area (Å²) >= 11 is 0. The van der Waals surface area contributed by atoms with E-state index >= 15 is 0 Å². The van der Waals surface area contributed by atoms with Gasteiger partial charge in [-0.1, -0.05) is 39.7 Å². The van der Waals surface area contributed by atoms with Crippen LogP contribution in [0.25, 0.3) is 0 Å². The fourth-order valence-electron chi connectivity index (χ4n) is 3.06. The monoisotopic (exact) mass is 238 g/mol. The molecule has 2 unspecified atom stereocenters. The van der Waals surface area contributed by atoms with Crippen LogP contribution in [0.3, 0.4) is 0 Å². The minimum Gasteiger partial charge on any atom is -0.317 e. The van der Waals surface area contributed by atoms with Gasteiger partial charge in [0.05, 0.1) is 0 Å². The van der Waals surface area contributed by atoms with E-state index in [9.17, 15) is 0 Å². The molecule has 1 aliphatic heterocycles. The lowest BCUT2D eigenvalue weighted by atomic mass is 9.93. The molecule has 100 valence electrons. The molecule has 1 N–H and O–H groups in total. The first kappa shape index (κ1) is 14.7. The smallest absolute Gasteiger partial charge is 0.0303 e. The zero-order valence-corrected chi connectivity index (χ0v) is 11.9. The van der Waals surface area contributed by atoms with Crippen LogP contribution in [0.2, 0.25) is 0 Å². The standard InChI is InChI=1S/C15H30N2/c1-5-14(6-2)15(7-3)17-10-9-13(12-17)11-16-8-4/h7,13-16H,3,5-6,8-12H2,1-2,4H3. The molecule has 2 heteroatoms. The van der Waals surface area contributed by atoms with Crippen LogP contribution in [0.15, 0.2) is 12.7 Å². The molecule has 1 aliphatic rings. The molecule has 1 heterocycles. The molecule has 0 aromatic carbocycles. The summed E-state index contributed by atoms with van der Waals surface area (Å²) in [5.74, 6) is 1.62. The van der Waals surface area contributed by atoms with Gasteiger partial charge in [-0.3, -0.25) is 4.90 Å². The maximum atomic E-state index is 4.05. The van der Waals surface area contributed by atoms with E-state index in [2.05, 4.69) is 43.6 Å². The molecule has 0 aliphatic carbocycles. The molecule has 2 nitrogen and oxygen atoms in total. The summed E-state index contributed by atoms with van der Waals surface area (Å²) in [6.45, 7) is 15.6. The van der Waals surface area contributed by atoms with E-state index in [-0.39, 0.29) is 0 Å². The lowest BCUT2D eigenvalue weighted by molar-refractivity contribution is 0.199. The van der Waals surface area contributed by atoms with Crippen molar-refractivity contribution in [2.45, 2.75) is 46.1 Å². The second kappa shape index (κ2) is 7.88. The van der Waals surface area contributed by atoms with E-state index in [4.69, 9.17) is 0 Å². The molecule has 0 bridgehead atoms. The molecule has 17 heavy (non-hydrogen) atoms. The van der Waals surface area contributed by atoms with Crippen LogP contribution in [0.4, 0.5) is 0 Å². The third kappa shape index (κ3) is 4.11. The van der Waals surface area contributed by atoms with Crippen molar-refractivity contribution in [3.8, 4) is 0 Å². The van der Waals surface area contributed by atoms with Gasteiger partial charge in [0.15, 0.2) is 0 Å². The van der Waals surface area contributed by atoms with Crippen molar-refractivity contribution in [1.29, 1.82) is 0 Å². The van der Waals surface area contributed by atoms with Crippen molar-refractivity contribution < 1.29 is 0 Å². The van der Waals surface area contributed by atoms with E-state index in [0.29, 0.717) is 6.04 Å². The summed E-state index contributed by atoms with van der Waals surface area (Å²) in [5.41, 5.74) is 0. The first-order valence-corrected chi connectivity index (χ1v) is 7.34. The molecule has 2 atom stereocenters. The topological polar surface area (TPSA) is 15.3 Å². The van der Waals surface area contributed by atoms with Crippen LogP contribution in [0.1, 0.15) is 40.0 Å². The third-order valence-electron chi connectivity index (χ3n) is 4.20. The predicted octanol–water partition coefficient (Wildman–Crippen LogP) is 2.91. The second-order valence-corrected chi connectivity index (χ2v) is 5.26. The number of nitrogens with one attached hydrogen (secondary N) is 1. The lowest BCUT2D eigenvalue weighted by Crippen LogP contribution is -2.38. The molecule has 0 amide bonds. The third-order valence-corrected chi connectivity index (χ3v) is 4.20. The molecular formula is C15H30N2. The Morgan fingerprint density at radius 1 is 1.35 bits per heavy atom. The fraction of sp³-hybridized carbons (Fsp3) is 0.867. The van der Waals surface area contributed by atoms with E-state index in [0.717, 1.165) is 18.4 Å². The highest BCUT2D eigenvalue weighted by atomic mass is 15.2. The van der Waals surface area contributed by atoms with Gasteiger partial charge in [-0.05, 0) is 37.9 Å². The van der Waals surface area contributed by atoms with Gasteiger partial charge >= 0.3 is 0 Å². The minimum absolute atomic E-state index is 0.594. The first-order chi connectivity index (χ1) is 8.26. The molecule has 0 spiro atoms. The van der Waals surface area contributed by atoms with Gasteiger partial charge in [0.25, 0.3) is 0 Å². The molecule has 0 aromatic rings. The van der Waals surface area contributed by atoms with Gasteiger partial charge in [-0.25, -0.2) is 0 Å². The maximum Gasteiger partial charge on any atom is 0.0303 e. The average molecular weight is 238 g/mol. The molecule has 0 saturated carbocycles. The van der Waals surface area contributed by atoms with Crippen LogP contribution in [0, 0.1) is 11.8 Å². The highest BCUT2D eigenvalue weighted by molar-refractivity contribution is 4.95. The fourth-order valence-corrected chi connectivity index (χ4v) is 3.06. The van der Waals surface area contributed by atoms with Crippen LogP contribution < -0.4 is 5.32 Å². The molecule has 0 aromatic heterocycles. The Morgan fingerprint density at radius 2 is 2.06 bits per heavy atom. The Kier molecular flexibility index (Phi) is 6.83. The SMILES string of the molecule is C=CC(C(CC)CC)N1CCC(CNCC)C1. The lowest BCUT2D eigenvalue weighted by Gasteiger charge is -2.31. The predicted molar refractivity (Wildman–Crippen MR) is 76.3 cm³/mol. The second-order valence-electron chi connectivity index (χ2n) is 5.26. The van der Waals surface area contributed by atoms with Crippen LogP contribution >= 0.6 is 0 Å². The summed E-state index contributed by atoms with van der Waals surface area (Å²) in [6, 6.07) is 0.594. The van der Waals surface area contributed by atoms with Crippen LogP contribution in [-0.4, -0.2) is 37.1 Å². The molecule has 1 fully saturated rings. The first-order valence-electron chi connectivity index (χ1n) is 7.34. The van der Waals surface area contributed by atoms with Crippen LogP contribution in [-0.2, 0) is 0 Å². The number of likely N-dealkylation sites (tertiary alicyclic amines) is 1. The van der Waals surface area contributed by atoms with Crippen molar-refractivity contribution in [3.05, 3.63) is 12.7 Å². The van der Waals surface area contributed by atoms with Crippen LogP contribution in [0.5, 0.6) is 0 Å². The molecule has 1 rings (SSSR count). The highest BCUT2D eigenvalue weighted by Crippen LogP contribution is 2.25. The van der Waals surface area contributed by atoms with Crippen molar-refractivity contribution in [2.24, 2.45) is 11.8 Å². The molecular weight excluding hydrogens is 208 g/mol. The molecule has 0 radical (unpaired) electrons. The number of rotatable bonds is 8. The number of hydrogen-bond donors (Lipinski definition) is 1. The molecule has 1 saturated heterocycles. The Labute approximate surface area is 107 Å². The quantitative estimate of drug-likeness (QED) is 0.654. The van der Waals surface area contributed by atoms with Crippen molar-refractivity contribution >= 4 is 0 Å². The van der Waals surface area contributed by atoms with Gasteiger partial charge < -0.3 is 5.32 Å². The van der Waals surface area contributed by atoms with Gasteiger partial charge in [-0.2, -0.15) is 0 Å². The summed E-state index contributed by atoms with van der Waals surface area (Å²) in [4.78, 5) is 2.65. The van der Waals surface area contributed by atoms with E-state index in [1.807, 2.05) is 0 Å². The van der Waals surface area contributed by atoms with Gasteiger partial charge in [0, 0.05) is 12.6 Å². The Balaban J connectivity index is 2.46. The summed E-state index contributed by atoms with van der Waals surface area (Å²) < 4.78 is 0. The highest BCUT2D eigenvalue weighted by Gasteiger charge is 2.29. The summed E-state index contributed by atoms with van der Waals surface area (Å²) in [6.07, 6.45) is 6.05. The largest absolute Gasteiger partial charge is 0.317 e. The Morgan fingerprint density at radius 3 is 2.59 bits per heavy atom. The Hall–Kier alpha value is -0.340. The minimum atomic E-state index is 0.594.